The minimum Gasteiger partial charge on any atom is -0.364 e. The number of aromatic nitrogens is 2. The number of rotatable bonds is 7. The molecule has 0 aliphatic carbocycles. The predicted octanol–water partition coefficient (Wildman–Crippen LogP) is 5.59. The lowest BCUT2D eigenvalue weighted by Crippen LogP contribution is -2.49. The molecule has 2 aliphatic rings. The third kappa shape index (κ3) is 6.09. The predicted molar refractivity (Wildman–Crippen MR) is 161 cm³/mol. The number of nitrogens with zero attached hydrogens (tertiary/aromatic N) is 3. The van der Waals surface area contributed by atoms with Gasteiger partial charge in [0.05, 0.1) is 36.5 Å². The topological polar surface area (TPSA) is 82.5 Å². The zero-order chi connectivity index (χ0) is 31.9. The smallest absolute Gasteiger partial charge is 0.364 e. The van der Waals surface area contributed by atoms with Crippen molar-refractivity contribution in [1.82, 2.24) is 14.0 Å². The first-order valence-electron chi connectivity index (χ1n) is 14.6. The second kappa shape index (κ2) is 12.2. The largest absolute Gasteiger partial charge is 0.416 e. The van der Waals surface area contributed by atoms with Crippen molar-refractivity contribution in [2.45, 2.75) is 56.9 Å². The molecule has 7 nitrogen and oxygen atoms in total. The van der Waals surface area contributed by atoms with Crippen molar-refractivity contribution in [2.75, 3.05) is 13.1 Å². The van der Waals surface area contributed by atoms with E-state index in [9.17, 15) is 22.8 Å². The lowest BCUT2D eigenvalue weighted by atomic mass is 9.85. The summed E-state index contributed by atoms with van der Waals surface area (Å²) in [5, 5.41) is 0.638. The molecule has 2 N–H and O–H groups in total. The summed E-state index contributed by atoms with van der Waals surface area (Å²) in [5.74, 6) is -1.10. The van der Waals surface area contributed by atoms with E-state index in [1.54, 1.807) is 30.3 Å². The molecular weight excluding hydrogens is 612 g/mol. The molecule has 4 aromatic rings. The molecule has 3 aromatic carbocycles. The van der Waals surface area contributed by atoms with E-state index in [1.807, 2.05) is 24.3 Å². The van der Waals surface area contributed by atoms with E-state index in [2.05, 4.69) is 4.90 Å². The van der Waals surface area contributed by atoms with Gasteiger partial charge < -0.3 is 10.5 Å². The molecule has 1 saturated heterocycles. The molecule has 6 rings (SSSR count). The monoisotopic (exact) mass is 642 g/mol. The first kappa shape index (κ1) is 31.2. The van der Waals surface area contributed by atoms with Crippen LogP contribution in [0.3, 0.4) is 0 Å². The van der Waals surface area contributed by atoms with E-state index in [1.165, 1.54) is 0 Å². The molecule has 1 atom stereocenters. The van der Waals surface area contributed by atoms with Crippen molar-refractivity contribution in [3.63, 3.8) is 0 Å². The summed E-state index contributed by atoms with van der Waals surface area (Å²) in [4.78, 5) is 30.3. The number of piperidine rings is 1. The maximum Gasteiger partial charge on any atom is 0.416 e. The van der Waals surface area contributed by atoms with Gasteiger partial charge in [0.25, 0.3) is 5.56 Å². The zero-order valence-electron chi connectivity index (χ0n) is 24.2. The highest BCUT2D eigenvalue weighted by atomic mass is 35.5. The molecule has 1 aromatic heterocycles. The average Bonchev–Trinajstić information content (AvgIpc) is 3.38. The van der Waals surface area contributed by atoms with E-state index in [0.717, 1.165) is 32.9 Å². The number of nitrogens with two attached hydrogens (primary N) is 1. The van der Waals surface area contributed by atoms with E-state index < -0.39 is 52.6 Å². The van der Waals surface area contributed by atoms with Crippen molar-refractivity contribution in [3.8, 4) is 0 Å². The second-order valence-corrected chi connectivity index (χ2v) is 12.0. The van der Waals surface area contributed by atoms with Gasteiger partial charge in [0.1, 0.15) is 11.4 Å². The van der Waals surface area contributed by atoms with Gasteiger partial charge in [-0.15, -0.1) is 0 Å². The Morgan fingerprint density at radius 1 is 0.911 bits per heavy atom. The van der Waals surface area contributed by atoms with Crippen LogP contribution in [-0.4, -0.2) is 27.1 Å². The Balaban J connectivity index is 1.41. The van der Waals surface area contributed by atoms with Gasteiger partial charge in [-0.05, 0) is 48.2 Å². The van der Waals surface area contributed by atoms with E-state index in [0.29, 0.717) is 43.1 Å². The summed E-state index contributed by atoms with van der Waals surface area (Å²) in [6.45, 7) is 0.663. The van der Waals surface area contributed by atoms with Gasteiger partial charge >= 0.3 is 11.9 Å². The normalized spacial score (nSPS) is 17.0. The Bertz CT molecular complexity index is 1820. The van der Waals surface area contributed by atoms with Gasteiger partial charge in [-0.2, -0.15) is 13.2 Å². The van der Waals surface area contributed by atoms with Crippen molar-refractivity contribution in [3.05, 3.63) is 138 Å². The number of halogens is 5. The lowest BCUT2D eigenvalue weighted by Gasteiger charge is -2.39. The Morgan fingerprint density at radius 3 is 2.27 bits per heavy atom. The van der Waals surface area contributed by atoms with Crippen molar-refractivity contribution < 1.29 is 22.3 Å². The Kier molecular flexibility index (Phi) is 8.47. The molecular formula is C33H31ClF4N4O3. The molecule has 3 heterocycles. The maximum atomic E-state index is 15.0. The third-order valence-electron chi connectivity index (χ3n) is 8.81. The first-order chi connectivity index (χ1) is 21.5. The number of benzene rings is 3. The summed E-state index contributed by atoms with van der Waals surface area (Å²) in [7, 11) is 0. The van der Waals surface area contributed by atoms with Crippen LogP contribution in [0.15, 0.2) is 82.4 Å². The number of hydrogen-bond acceptors (Lipinski definition) is 5. The average molecular weight is 643 g/mol. The lowest BCUT2D eigenvalue weighted by molar-refractivity contribution is -0.138. The van der Waals surface area contributed by atoms with Crippen molar-refractivity contribution in [1.29, 1.82) is 0 Å². The minimum atomic E-state index is -4.86. The highest BCUT2D eigenvalue weighted by Gasteiger charge is 2.47. The Morgan fingerprint density at radius 2 is 1.60 bits per heavy atom. The first-order valence-corrected chi connectivity index (χ1v) is 15.0. The Hall–Kier alpha value is -3.77. The van der Waals surface area contributed by atoms with Crippen LogP contribution >= 0.6 is 11.6 Å². The fraction of sp³-hybridized carbons (Fsp3) is 0.333. The zero-order valence-corrected chi connectivity index (χ0v) is 25.0. The van der Waals surface area contributed by atoms with Crippen molar-refractivity contribution in [2.24, 2.45) is 5.73 Å². The fourth-order valence-electron chi connectivity index (χ4n) is 6.41. The SMILES string of the molecule is N[C@@H](Cn1c(=O)c2c(n(Cc3c(F)cccc3C(F)(F)F)c1=O)COC21CCN(Cc2ccc(Cl)cc2)CC1)c1ccccc1. The van der Waals surface area contributed by atoms with Gasteiger partial charge in [0.15, 0.2) is 0 Å². The number of ether oxygens (including phenoxy) is 1. The highest BCUT2D eigenvalue weighted by Crippen LogP contribution is 2.43. The standard InChI is InChI=1S/C33H31ClF4N4O3/c34-23-11-9-21(10-12-23)17-40-15-13-32(14-16-40)29-28(20-45-32)41(18-24-25(33(36,37)38)7-4-8-26(24)35)31(44)42(30(29)43)19-27(39)22-5-2-1-3-6-22/h1-12,27H,13-20,39H2/t27-/m0/s1. The second-order valence-electron chi connectivity index (χ2n) is 11.6. The molecule has 236 valence electrons. The summed E-state index contributed by atoms with van der Waals surface area (Å²) < 4.78 is 65.1. The molecule has 12 heteroatoms. The quantitative estimate of drug-likeness (QED) is 0.266. The van der Waals surface area contributed by atoms with Gasteiger partial charge in [0.2, 0.25) is 0 Å². The highest BCUT2D eigenvalue weighted by molar-refractivity contribution is 6.30. The molecule has 0 unspecified atom stereocenters. The van der Waals surface area contributed by atoms with Crippen LogP contribution < -0.4 is 17.0 Å². The van der Waals surface area contributed by atoms with Crippen LogP contribution in [-0.2, 0) is 42.8 Å². The number of likely N-dealkylation sites (tertiary alicyclic amines) is 1. The molecule has 1 spiro atoms. The van der Waals surface area contributed by atoms with E-state index >= 15 is 4.39 Å². The summed E-state index contributed by atoms with van der Waals surface area (Å²) in [6.07, 6.45) is -4.03. The van der Waals surface area contributed by atoms with Crippen LogP contribution in [0.2, 0.25) is 5.02 Å². The molecule has 0 amide bonds. The van der Waals surface area contributed by atoms with Crippen LogP contribution in [0.25, 0.3) is 0 Å². The Labute approximate surface area is 261 Å². The van der Waals surface area contributed by atoms with Gasteiger partial charge in [0, 0.05) is 36.3 Å². The van der Waals surface area contributed by atoms with Crippen LogP contribution in [0.5, 0.6) is 0 Å². The number of alkyl halides is 3. The van der Waals surface area contributed by atoms with Crippen LogP contribution in [0.4, 0.5) is 17.6 Å². The summed E-state index contributed by atoms with van der Waals surface area (Å²) in [5.41, 5.74) is 4.15. The molecule has 45 heavy (non-hydrogen) atoms. The fourth-order valence-corrected chi connectivity index (χ4v) is 6.54. The van der Waals surface area contributed by atoms with Crippen LogP contribution in [0, 0.1) is 5.82 Å². The van der Waals surface area contributed by atoms with Crippen LogP contribution in [0.1, 0.15) is 52.4 Å². The molecule has 1 fully saturated rings. The maximum absolute atomic E-state index is 15.0. The van der Waals surface area contributed by atoms with Gasteiger partial charge in [-0.3, -0.25) is 18.8 Å². The number of fused-ring (bicyclic) bond motifs is 2. The van der Waals surface area contributed by atoms with Gasteiger partial charge in [-0.1, -0.05) is 60.1 Å². The molecule has 0 bridgehead atoms. The third-order valence-corrected chi connectivity index (χ3v) is 9.06. The number of hydrogen-bond donors (Lipinski definition) is 1. The van der Waals surface area contributed by atoms with E-state index in [-0.39, 0.29) is 24.4 Å². The van der Waals surface area contributed by atoms with Gasteiger partial charge in [-0.25, -0.2) is 9.18 Å². The van der Waals surface area contributed by atoms with Crippen molar-refractivity contribution >= 4 is 11.6 Å². The molecule has 0 radical (unpaired) electrons. The summed E-state index contributed by atoms with van der Waals surface area (Å²) in [6, 6.07) is 18.3. The minimum absolute atomic E-state index is 0.164. The van der Waals surface area contributed by atoms with E-state index in [4.69, 9.17) is 22.1 Å². The molecule has 2 aliphatic heterocycles. The summed E-state index contributed by atoms with van der Waals surface area (Å²) >= 11 is 6.02. The molecule has 0 saturated carbocycles.